The van der Waals surface area contributed by atoms with Crippen LogP contribution in [-0.2, 0) is 14.6 Å². The van der Waals surface area contributed by atoms with Crippen LogP contribution in [0.15, 0.2) is 53.4 Å². The topological polar surface area (TPSA) is 125 Å². The summed E-state index contributed by atoms with van der Waals surface area (Å²) in [5.74, 6) is -0.432. The van der Waals surface area contributed by atoms with Crippen LogP contribution in [0.2, 0.25) is 0 Å². The number of methoxy groups -OCH3 is 1. The summed E-state index contributed by atoms with van der Waals surface area (Å²) in [6, 6.07) is 13.6. The molecule has 0 spiro atoms. The Morgan fingerprint density at radius 3 is 2.25 bits per heavy atom. The number of hydrogen-bond acceptors (Lipinski definition) is 7. The molecule has 1 aliphatic heterocycles. The lowest BCUT2D eigenvalue weighted by atomic mass is 9.93. The molecule has 2 aromatic rings. The minimum Gasteiger partial charge on any atom is -0.497 e. The first kappa shape index (κ1) is 20.3. The number of carbonyl (C=O) groups excluding carboxylic acids is 1. The molecule has 4 N–H and O–H groups in total. The number of benzene rings is 2. The van der Waals surface area contributed by atoms with E-state index < -0.39 is 26.6 Å². The van der Waals surface area contributed by atoms with Crippen LogP contribution in [0.4, 0.5) is 0 Å². The molecule has 0 bridgehead atoms. The van der Waals surface area contributed by atoms with Gasteiger partial charge in [-0.15, -0.1) is 0 Å². The molecule has 3 rings (SSSR count). The van der Waals surface area contributed by atoms with Crippen LogP contribution in [0, 0.1) is 0 Å². The van der Waals surface area contributed by atoms with Crippen molar-refractivity contribution in [3.8, 4) is 16.9 Å². The number of amides is 1. The average molecular weight is 406 g/mol. The number of ether oxygens (including phenoxy) is 1. The predicted molar refractivity (Wildman–Crippen MR) is 102 cm³/mol. The van der Waals surface area contributed by atoms with E-state index in [1.165, 1.54) is 17.6 Å². The molecule has 0 aliphatic carbocycles. The van der Waals surface area contributed by atoms with Crippen LogP contribution in [0.3, 0.4) is 0 Å². The van der Waals surface area contributed by atoms with Gasteiger partial charge in [-0.3, -0.25) is 10.0 Å². The van der Waals surface area contributed by atoms with Gasteiger partial charge in [-0.25, -0.2) is 13.9 Å². The van der Waals surface area contributed by atoms with Crippen molar-refractivity contribution in [2.75, 3.05) is 20.2 Å². The van der Waals surface area contributed by atoms with Gasteiger partial charge in [-0.2, -0.15) is 0 Å². The van der Waals surface area contributed by atoms with Gasteiger partial charge < -0.3 is 15.2 Å². The van der Waals surface area contributed by atoms with Crippen LogP contribution in [0.1, 0.15) is 6.42 Å². The lowest BCUT2D eigenvalue weighted by Crippen LogP contribution is -2.65. The molecule has 2 atom stereocenters. The molecule has 2 unspecified atom stereocenters. The second-order valence-electron chi connectivity index (χ2n) is 6.62. The summed E-state index contributed by atoms with van der Waals surface area (Å²) in [7, 11) is -2.44. The van der Waals surface area contributed by atoms with Crippen LogP contribution >= 0.6 is 0 Å². The molecule has 1 aliphatic rings. The van der Waals surface area contributed by atoms with Crippen molar-refractivity contribution in [3.05, 3.63) is 48.5 Å². The molecule has 8 nitrogen and oxygen atoms in total. The highest BCUT2D eigenvalue weighted by Gasteiger charge is 2.52. The number of hydroxylamine groups is 1. The predicted octanol–water partition coefficient (Wildman–Crippen LogP) is 0.734. The molecular formula is C19H22N2O6S. The third-order valence-corrected chi connectivity index (χ3v) is 7.29. The maximum Gasteiger partial charge on any atom is 0.277 e. The SMILES string of the molecule is COc1ccc(-c2ccc(S(=O)(=O)C3CCNCC3(O)C(=O)NO)cc2)cc1. The van der Waals surface area contributed by atoms with E-state index in [2.05, 4.69) is 5.32 Å². The molecule has 28 heavy (non-hydrogen) atoms. The summed E-state index contributed by atoms with van der Waals surface area (Å²) >= 11 is 0. The average Bonchev–Trinajstić information content (AvgIpc) is 2.73. The number of β-amino-alcohol motifs (C(OH)–C–C–N with tert-alkyl or cyclic N) is 1. The van der Waals surface area contributed by atoms with E-state index in [-0.39, 0.29) is 17.9 Å². The third kappa shape index (κ3) is 3.61. The Balaban J connectivity index is 1.91. The number of sulfone groups is 1. The normalized spacial score (nSPS) is 22.5. The fourth-order valence-corrected chi connectivity index (χ4v) is 5.36. The zero-order chi connectivity index (χ0) is 20.4. The van der Waals surface area contributed by atoms with Crippen LogP contribution in [0.25, 0.3) is 11.1 Å². The maximum absolute atomic E-state index is 13.1. The second kappa shape index (κ2) is 7.88. The van der Waals surface area contributed by atoms with Crippen molar-refractivity contribution in [1.29, 1.82) is 0 Å². The van der Waals surface area contributed by atoms with Gasteiger partial charge in [0.15, 0.2) is 15.4 Å². The van der Waals surface area contributed by atoms with Gasteiger partial charge in [0.1, 0.15) is 11.0 Å². The minimum absolute atomic E-state index is 0.000765. The molecule has 1 heterocycles. The molecule has 1 amide bonds. The van der Waals surface area contributed by atoms with Crippen molar-refractivity contribution in [2.45, 2.75) is 22.2 Å². The van der Waals surface area contributed by atoms with Crippen molar-refractivity contribution in [3.63, 3.8) is 0 Å². The Morgan fingerprint density at radius 2 is 1.71 bits per heavy atom. The van der Waals surface area contributed by atoms with E-state index >= 15 is 0 Å². The van der Waals surface area contributed by atoms with Gasteiger partial charge in [-0.1, -0.05) is 24.3 Å². The molecule has 0 radical (unpaired) electrons. The molecule has 1 saturated heterocycles. The number of piperidine rings is 1. The number of nitrogens with one attached hydrogen (secondary N) is 2. The first-order valence-corrected chi connectivity index (χ1v) is 10.2. The summed E-state index contributed by atoms with van der Waals surface area (Å²) in [6.45, 7) is 0.0576. The molecule has 9 heteroatoms. The van der Waals surface area contributed by atoms with Crippen molar-refractivity contribution < 1.29 is 28.3 Å². The van der Waals surface area contributed by atoms with Crippen LogP contribution in [-0.4, -0.2) is 55.7 Å². The summed E-state index contributed by atoms with van der Waals surface area (Å²) in [5, 5.41) is 21.0. The van der Waals surface area contributed by atoms with Gasteiger partial charge in [0.25, 0.3) is 5.91 Å². The summed E-state index contributed by atoms with van der Waals surface area (Å²) in [6.07, 6.45) is 0.0342. The number of hydrogen-bond donors (Lipinski definition) is 4. The van der Waals surface area contributed by atoms with Crippen molar-refractivity contribution in [2.24, 2.45) is 0 Å². The monoisotopic (exact) mass is 406 g/mol. The fraction of sp³-hybridized carbons (Fsp3) is 0.316. The van der Waals surface area contributed by atoms with E-state index in [1.807, 2.05) is 24.3 Å². The van der Waals surface area contributed by atoms with Crippen molar-refractivity contribution in [1.82, 2.24) is 10.8 Å². The standard InChI is InChI=1S/C19H22N2O6S/c1-27-15-6-2-13(3-7-15)14-4-8-16(9-5-14)28(25,26)17-10-11-20-12-19(17,23)18(22)21-24/h2-9,17,20,23-24H,10-12H2,1H3,(H,21,22). The van der Waals surface area contributed by atoms with Gasteiger partial charge in [0.05, 0.1) is 12.0 Å². The summed E-state index contributed by atoms with van der Waals surface area (Å²) < 4.78 is 31.3. The van der Waals surface area contributed by atoms with E-state index in [9.17, 15) is 18.3 Å². The Bertz CT molecular complexity index is 943. The van der Waals surface area contributed by atoms with Crippen LogP contribution in [0.5, 0.6) is 5.75 Å². The van der Waals surface area contributed by atoms with Crippen LogP contribution < -0.4 is 15.5 Å². The fourth-order valence-electron chi connectivity index (χ4n) is 3.38. The Labute approximate surface area is 163 Å². The quantitative estimate of drug-likeness (QED) is 0.426. The highest BCUT2D eigenvalue weighted by Crippen LogP contribution is 2.31. The summed E-state index contributed by atoms with van der Waals surface area (Å²) in [4.78, 5) is 11.9. The third-order valence-electron chi connectivity index (χ3n) is 4.99. The first-order chi connectivity index (χ1) is 13.3. The highest BCUT2D eigenvalue weighted by atomic mass is 32.2. The minimum atomic E-state index is -4.02. The lowest BCUT2D eigenvalue weighted by molar-refractivity contribution is -0.149. The Hall–Kier alpha value is -2.46. The zero-order valence-electron chi connectivity index (χ0n) is 15.3. The van der Waals surface area contributed by atoms with Crippen molar-refractivity contribution >= 4 is 15.7 Å². The van der Waals surface area contributed by atoms with Gasteiger partial charge >= 0.3 is 0 Å². The van der Waals surface area contributed by atoms with E-state index in [1.54, 1.807) is 19.2 Å². The lowest BCUT2D eigenvalue weighted by Gasteiger charge is -2.37. The first-order valence-electron chi connectivity index (χ1n) is 8.69. The Kier molecular flexibility index (Phi) is 5.71. The second-order valence-corrected chi connectivity index (χ2v) is 8.75. The smallest absolute Gasteiger partial charge is 0.277 e. The molecule has 150 valence electrons. The summed E-state index contributed by atoms with van der Waals surface area (Å²) in [5.41, 5.74) is 0.808. The Morgan fingerprint density at radius 1 is 1.14 bits per heavy atom. The largest absolute Gasteiger partial charge is 0.497 e. The zero-order valence-corrected chi connectivity index (χ0v) is 16.1. The van der Waals surface area contributed by atoms with Gasteiger partial charge in [0, 0.05) is 6.54 Å². The molecule has 0 aromatic heterocycles. The van der Waals surface area contributed by atoms with Gasteiger partial charge in [-0.05, 0) is 48.4 Å². The van der Waals surface area contributed by atoms with Gasteiger partial charge in [0.2, 0.25) is 0 Å². The van der Waals surface area contributed by atoms with E-state index in [0.717, 1.165) is 16.9 Å². The molecular weight excluding hydrogens is 384 g/mol. The number of carbonyl (C=O) groups is 1. The number of rotatable bonds is 5. The number of aliphatic hydroxyl groups is 1. The highest BCUT2D eigenvalue weighted by molar-refractivity contribution is 7.92. The molecule has 2 aromatic carbocycles. The maximum atomic E-state index is 13.1. The van der Waals surface area contributed by atoms with E-state index in [0.29, 0.717) is 6.54 Å². The van der Waals surface area contributed by atoms with E-state index in [4.69, 9.17) is 9.94 Å². The molecule has 1 fully saturated rings. The molecule has 0 saturated carbocycles.